The second-order valence-electron chi connectivity index (χ2n) is 6.23. The molecular formula is C21H19ClN2O4S. The minimum atomic E-state index is -3.81. The molecule has 1 amide bonds. The van der Waals surface area contributed by atoms with Gasteiger partial charge in [0.2, 0.25) is 0 Å². The lowest BCUT2D eigenvalue weighted by Gasteiger charge is -2.12. The Morgan fingerprint density at radius 3 is 2.38 bits per heavy atom. The zero-order valence-electron chi connectivity index (χ0n) is 15.8. The Bertz CT molecular complexity index is 1150. The maximum Gasteiger partial charge on any atom is 0.261 e. The molecule has 29 heavy (non-hydrogen) atoms. The summed E-state index contributed by atoms with van der Waals surface area (Å²) in [4.78, 5) is 12.7. The van der Waals surface area contributed by atoms with E-state index in [1.807, 2.05) is 0 Å². The number of carbonyl (C=O) groups is 1. The van der Waals surface area contributed by atoms with Crippen LogP contribution in [0.3, 0.4) is 0 Å². The average Bonchev–Trinajstić information content (AvgIpc) is 2.71. The van der Waals surface area contributed by atoms with Gasteiger partial charge in [-0.25, -0.2) is 8.42 Å². The molecule has 0 bridgehead atoms. The molecule has 3 aromatic carbocycles. The van der Waals surface area contributed by atoms with Crippen molar-refractivity contribution in [2.24, 2.45) is 0 Å². The first-order valence-corrected chi connectivity index (χ1v) is 10.5. The average molecular weight is 431 g/mol. The topological polar surface area (TPSA) is 84.5 Å². The SMILES string of the molecule is COc1ccc(S(=O)(=O)Nc2cccc(C(=O)Nc3cccc(Cl)c3C)c2)cc1. The van der Waals surface area contributed by atoms with Gasteiger partial charge in [-0.05, 0) is 67.1 Å². The second kappa shape index (κ2) is 8.55. The first-order chi connectivity index (χ1) is 13.8. The lowest BCUT2D eigenvalue weighted by Crippen LogP contribution is -2.15. The Kier molecular flexibility index (Phi) is 6.10. The highest BCUT2D eigenvalue weighted by molar-refractivity contribution is 7.92. The van der Waals surface area contributed by atoms with Crippen LogP contribution in [0.5, 0.6) is 5.75 Å². The minimum absolute atomic E-state index is 0.0858. The van der Waals surface area contributed by atoms with Crippen molar-refractivity contribution in [1.82, 2.24) is 0 Å². The Morgan fingerprint density at radius 1 is 1.00 bits per heavy atom. The third-order valence-corrected chi connectivity index (χ3v) is 6.07. The quantitative estimate of drug-likeness (QED) is 0.593. The summed E-state index contributed by atoms with van der Waals surface area (Å²) >= 11 is 6.08. The highest BCUT2D eigenvalue weighted by Crippen LogP contribution is 2.24. The van der Waals surface area contributed by atoms with E-state index in [-0.39, 0.29) is 16.5 Å². The second-order valence-corrected chi connectivity index (χ2v) is 8.32. The summed E-state index contributed by atoms with van der Waals surface area (Å²) in [6.07, 6.45) is 0. The van der Waals surface area contributed by atoms with Crippen molar-refractivity contribution in [3.63, 3.8) is 0 Å². The van der Waals surface area contributed by atoms with Crippen LogP contribution >= 0.6 is 11.6 Å². The predicted molar refractivity (Wildman–Crippen MR) is 114 cm³/mol. The molecule has 0 unspecified atom stereocenters. The molecule has 150 valence electrons. The Morgan fingerprint density at radius 2 is 1.69 bits per heavy atom. The number of sulfonamides is 1. The van der Waals surface area contributed by atoms with Gasteiger partial charge in [-0.15, -0.1) is 0 Å². The molecule has 0 radical (unpaired) electrons. The Balaban J connectivity index is 1.79. The molecule has 3 rings (SSSR count). The highest BCUT2D eigenvalue weighted by Gasteiger charge is 2.16. The van der Waals surface area contributed by atoms with Crippen molar-refractivity contribution in [2.45, 2.75) is 11.8 Å². The first kappa shape index (κ1) is 20.7. The summed E-state index contributed by atoms with van der Waals surface area (Å²) in [7, 11) is -2.30. The van der Waals surface area contributed by atoms with E-state index in [2.05, 4.69) is 10.0 Å². The van der Waals surface area contributed by atoms with Crippen LogP contribution in [0.2, 0.25) is 5.02 Å². The third-order valence-electron chi connectivity index (χ3n) is 4.26. The molecule has 0 saturated carbocycles. The largest absolute Gasteiger partial charge is 0.497 e. The van der Waals surface area contributed by atoms with Crippen LogP contribution in [-0.4, -0.2) is 21.4 Å². The van der Waals surface area contributed by atoms with Crippen LogP contribution in [0.15, 0.2) is 71.6 Å². The molecule has 0 atom stereocenters. The number of carbonyl (C=O) groups excluding carboxylic acids is 1. The maximum atomic E-state index is 12.6. The maximum absolute atomic E-state index is 12.6. The van der Waals surface area contributed by atoms with Gasteiger partial charge < -0.3 is 10.1 Å². The standard InChI is InChI=1S/C21H19ClN2O4S/c1-14-19(22)7-4-8-20(14)23-21(25)15-5-3-6-16(13-15)24-29(26,27)18-11-9-17(28-2)10-12-18/h3-13,24H,1-2H3,(H,23,25). The molecule has 0 spiro atoms. The number of rotatable bonds is 6. The zero-order chi connectivity index (χ0) is 21.0. The minimum Gasteiger partial charge on any atom is -0.497 e. The van der Waals surface area contributed by atoms with Crippen molar-refractivity contribution in [3.8, 4) is 5.75 Å². The summed E-state index contributed by atoms with van der Waals surface area (Å²) in [5.41, 5.74) is 1.92. The van der Waals surface area contributed by atoms with E-state index < -0.39 is 10.0 Å². The van der Waals surface area contributed by atoms with Crippen LogP contribution in [0.25, 0.3) is 0 Å². The van der Waals surface area contributed by atoms with E-state index in [0.717, 1.165) is 5.56 Å². The molecule has 0 saturated heterocycles. The van der Waals surface area contributed by atoms with Crippen LogP contribution in [-0.2, 0) is 10.0 Å². The molecule has 0 aromatic heterocycles. The van der Waals surface area contributed by atoms with Crippen molar-refractivity contribution < 1.29 is 17.9 Å². The smallest absolute Gasteiger partial charge is 0.261 e. The lowest BCUT2D eigenvalue weighted by atomic mass is 10.1. The van der Waals surface area contributed by atoms with Crippen LogP contribution in [0.4, 0.5) is 11.4 Å². The zero-order valence-corrected chi connectivity index (χ0v) is 17.3. The molecule has 3 aromatic rings. The van der Waals surface area contributed by atoms with E-state index in [9.17, 15) is 13.2 Å². The van der Waals surface area contributed by atoms with E-state index in [4.69, 9.17) is 16.3 Å². The van der Waals surface area contributed by atoms with Gasteiger partial charge in [-0.1, -0.05) is 23.7 Å². The number of halogens is 1. The molecule has 2 N–H and O–H groups in total. The van der Waals surface area contributed by atoms with Gasteiger partial charge in [-0.2, -0.15) is 0 Å². The number of methoxy groups -OCH3 is 1. The molecule has 0 aliphatic rings. The molecule has 0 aliphatic heterocycles. The first-order valence-electron chi connectivity index (χ1n) is 8.63. The van der Waals surface area contributed by atoms with Gasteiger partial charge in [0, 0.05) is 22.0 Å². The van der Waals surface area contributed by atoms with Gasteiger partial charge >= 0.3 is 0 Å². The number of benzene rings is 3. The van der Waals surface area contributed by atoms with E-state index in [1.54, 1.807) is 55.5 Å². The lowest BCUT2D eigenvalue weighted by molar-refractivity contribution is 0.102. The van der Waals surface area contributed by atoms with Crippen molar-refractivity contribution in [3.05, 3.63) is 82.9 Å². The molecule has 8 heteroatoms. The van der Waals surface area contributed by atoms with Gasteiger partial charge in [0.15, 0.2) is 0 Å². The van der Waals surface area contributed by atoms with Crippen LogP contribution < -0.4 is 14.8 Å². The van der Waals surface area contributed by atoms with Crippen LogP contribution in [0, 0.1) is 6.92 Å². The fourth-order valence-electron chi connectivity index (χ4n) is 2.63. The Hall–Kier alpha value is -3.03. The summed E-state index contributed by atoms with van der Waals surface area (Å²) in [6, 6.07) is 17.5. The third kappa shape index (κ3) is 4.88. The van der Waals surface area contributed by atoms with E-state index in [0.29, 0.717) is 22.0 Å². The number of nitrogens with one attached hydrogen (secondary N) is 2. The number of ether oxygens (including phenoxy) is 1. The van der Waals surface area contributed by atoms with E-state index >= 15 is 0 Å². The van der Waals surface area contributed by atoms with Crippen molar-refractivity contribution in [2.75, 3.05) is 17.1 Å². The number of hydrogen-bond donors (Lipinski definition) is 2. The fourth-order valence-corrected chi connectivity index (χ4v) is 3.85. The summed E-state index contributed by atoms with van der Waals surface area (Å²) in [5, 5.41) is 3.33. The molecular weight excluding hydrogens is 412 g/mol. The number of amides is 1. The predicted octanol–water partition coefficient (Wildman–Crippen LogP) is 4.71. The molecule has 0 fully saturated rings. The van der Waals surface area contributed by atoms with Crippen LogP contribution in [0.1, 0.15) is 15.9 Å². The van der Waals surface area contributed by atoms with Gasteiger partial charge in [-0.3, -0.25) is 9.52 Å². The van der Waals surface area contributed by atoms with E-state index in [1.165, 1.54) is 25.3 Å². The van der Waals surface area contributed by atoms with Crippen molar-refractivity contribution in [1.29, 1.82) is 0 Å². The monoisotopic (exact) mass is 430 g/mol. The van der Waals surface area contributed by atoms with Crippen molar-refractivity contribution >= 4 is 38.9 Å². The molecule has 0 aliphatic carbocycles. The normalized spacial score (nSPS) is 11.0. The van der Waals surface area contributed by atoms with Gasteiger partial charge in [0.25, 0.3) is 15.9 Å². The molecule has 0 heterocycles. The van der Waals surface area contributed by atoms with Gasteiger partial charge in [0.05, 0.1) is 12.0 Å². The Labute approximate surface area is 174 Å². The summed E-state index contributed by atoms with van der Waals surface area (Å²) < 4.78 is 32.7. The summed E-state index contributed by atoms with van der Waals surface area (Å²) in [6.45, 7) is 1.80. The van der Waals surface area contributed by atoms with Gasteiger partial charge in [0.1, 0.15) is 5.75 Å². The highest BCUT2D eigenvalue weighted by atomic mass is 35.5. The number of hydrogen-bond acceptors (Lipinski definition) is 4. The summed E-state index contributed by atoms with van der Waals surface area (Å²) in [5.74, 6) is 0.180. The molecule has 6 nitrogen and oxygen atoms in total. The number of anilines is 2. The fraction of sp³-hybridized carbons (Fsp3) is 0.0952.